The van der Waals surface area contributed by atoms with Crippen molar-refractivity contribution in [2.24, 2.45) is 0 Å². The number of esters is 1. The lowest BCUT2D eigenvalue weighted by Crippen LogP contribution is -2.41. The molecule has 0 rings (SSSR count). The van der Waals surface area contributed by atoms with Gasteiger partial charge in [0.15, 0.2) is 0 Å². The van der Waals surface area contributed by atoms with Gasteiger partial charge in [0.25, 0.3) is 0 Å². The predicted molar refractivity (Wildman–Crippen MR) is 67.5 cm³/mol. The largest absolute Gasteiger partial charge is 0.468 e. The third-order valence-electron chi connectivity index (χ3n) is 2.62. The SMILES string of the molecule is CCCCCCCC(NC(C)C)C(=O)OC. The molecule has 1 atom stereocenters. The first kappa shape index (κ1) is 15.4. The molecule has 1 N–H and O–H groups in total. The third-order valence-corrected chi connectivity index (χ3v) is 2.62. The molecule has 0 aromatic rings. The summed E-state index contributed by atoms with van der Waals surface area (Å²) in [6, 6.07) is 0.186. The molecule has 3 heteroatoms. The van der Waals surface area contributed by atoms with Crippen molar-refractivity contribution in [2.45, 2.75) is 71.4 Å². The van der Waals surface area contributed by atoms with Gasteiger partial charge in [-0.3, -0.25) is 4.79 Å². The number of hydrogen-bond donors (Lipinski definition) is 1. The number of unbranched alkanes of at least 4 members (excludes halogenated alkanes) is 4. The lowest BCUT2D eigenvalue weighted by atomic mass is 10.1. The molecule has 0 aliphatic rings. The summed E-state index contributed by atoms with van der Waals surface area (Å²) in [4.78, 5) is 11.5. The van der Waals surface area contributed by atoms with Crippen molar-refractivity contribution in [1.82, 2.24) is 5.32 Å². The highest BCUT2D eigenvalue weighted by Crippen LogP contribution is 2.08. The van der Waals surface area contributed by atoms with Crippen LogP contribution in [0.3, 0.4) is 0 Å². The summed E-state index contributed by atoms with van der Waals surface area (Å²) < 4.78 is 4.79. The summed E-state index contributed by atoms with van der Waals surface area (Å²) >= 11 is 0. The summed E-state index contributed by atoms with van der Waals surface area (Å²) in [6.45, 7) is 6.30. The van der Waals surface area contributed by atoms with Gasteiger partial charge in [-0.1, -0.05) is 52.9 Å². The van der Waals surface area contributed by atoms with Crippen molar-refractivity contribution < 1.29 is 9.53 Å². The summed E-state index contributed by atoms with van der Waals surface area (Å²) in [7, 11) is 1.45. The van der Waals surface area contributed by atoms with E-state index in [-0.39, 0.29) is 12.0 Å². The molecular weight excluding hydrogens is 202 g/mol. The minimum Gasteiger partial charge on any atom is -0.468 e. The molecule has 1 unspecified atom stereocenters. The Hall–Kier alpha value is -0.570. The van der Waals surface area contributed by atoms with Gasteiger partial charge in [-0.25, -0.2) is 0 Å². The number of ether oxygens (including phenoxy) is 1. The van der Waals surface area contributed by atoms with Crippen LogP contribution in [-0.2, 0) is 9.53 Å². The summed E-state index contributed by atoms with van der Waals surface area (Å²) in [5.74, 6) is -0.135. The zero-order valence-corrected chi connectivity index (χ0v) is 11.2. The fourth-order valence-electron chi connectivity index (χ4n) is 1.77. The highest BCUT2D eigenvalue weighted by molar-refractivity contribution is 5.75. The van der Waals surface area contributed by atoms with Crippen LogP contribution in [0.2, 0.25) is 0 Å². The molecular formula is C13H27NO2. The molecule has 0 heterocycles. The van der Waals surface area contributed by atoms with E-state index in [1.807, 2.05) is 13.8 Å². The summed E-state index contributed by atoms with van der Waals surface area (Å²) in [5.41, 5.74) is 0. The second kappa shape index (κ2) is 9.64. The van der Waals surface area contributed by atoms with Crippen molar-refractivity contribution >= 4 is 5.97 Å². The van der Waals surface area contributed by atoms with E-state index in [2.05, 4.69) is 12.2 Å². The van der Waals surface area contributed by atoms with Crippen LogP contribution >= 0.6 is 0 Å². The standard InChI is InChI=1S/C13H27NO2/c1-5-6-7-8-9-10-12(13(15)16-4)14-11(2)3/h11-12,14H,5-10H2,1-4H3. The Labute approximate surface area is 99.9 Å². The monoisotopic (exact) mass is 229 g/mol. The van der Waals surface area contributed by atoms with E-state index in [1.165, 1.54) is 32.8 Å². The second-order valence-electron chi connectivity index (χ2n) is 4.60. The Morgan fingerprint density at radius 2 is 1.81 bits per heavy atom. The molecule has 3 nitrogen and oxygen atoms in total. The highest BCUT2D eigenvalue weighted by Gasteiger charge is 2.18. The minimum absolute atomic E-state index is 0.133. The van der Waals surface area contributed by atoms with E-state index in [4.69, 9.17) is 4.74 Å². The van der Waals surface area contributed by atoms with Crippen LogP contribution in [0.4, 0.5) is 0 Å². The number of carbonyl (C=O) groups is 1. The number of rotatable bonds is 9. The first-order valence-corrected chi connectivity index (χ1v) is 6.45. The van der Waals surface area contributed by atoms with Crippen LogP contribution in [0.1, 0.15) is 59.3 Å². The van der Waals surface area contributed by atoms with Crippen LogP contribution in [0.5, 0.6) is 0 Å². The molecule has 0 saturated heterocycles. The van der Waals surface area contributed by atoms with Crippen LogP contribution in [-0.4, -0.2) is 25.2 Å². The van der Waals surface area contributed by atoms with Gasteiger partial charge in [-0.2, -0.15) is 0 Å². The van der Waals surface area contributed by atoms with Gasteiger partial charge in [0.1, 0.15) is 6.04 Å². The van der Waals surface area contributed by atoms with E-state index >= 15 is 0 Å². The quantitative estimate of drug-likeness (QED) is 0.488. The molecule has 96 valence electrons. The molecule has 0 aromatic carbocycles. The second-order valence-corrected chi connectivity index (χ2v) is 4.60. The van der Waals surface area contributed by atoms with Gasteiger partial charge >= 0.3 is 5.97 Å². The van der Waals surface area contributed by atoms with E-state index < -0.39 is 0 Å². The van der Waals surface area contributed by atoms with Gasteiger partial charge in [0.2, 0.25) is 0 Å². The molecule has 0 saturated carbocycles. The van der Waals surface area contributed by atoms with Gasteiger partial charge in [0.05, 0.1) is 7.11 Å². The normalized spacial score (nSPS) is 12.8. The first-order valence-electron chi connectivity index (χ1n) is 6.45. The Kier molecular flexibility index (Phi) is 9.30. The molecule has 0 bridgehead atoms. The number of nitrogens with one attached hydrogen (secondary N) is 1. The maximum Gasteiger partial charge on any atom is 0.322 e. The Morgan fingerprint density at radius 3 is 2.31 bits per heavy atom. The minimum atomic E-state index is -0.135. The van der Waals surface area contributed by atoms with Crippen molar-refractivity contribution in [3.8, 4) is 0 Å². The fourth-order valence-corrected chi connectivity index (χ4v) is 1.77. The maximum atomic E-state index is 11.5. The van der Waals surface area contributed by atoms with E-state index in [9.17, 15) is 4.79 Å². The summed E-state index contributed by atoms with van der Waals surface area (Å²) in [5, 5.41) is 3.25. The topological polar surface area (TPSA) is 38.3 Å². The third kappa shape index (κ3) is 7.69. The number of carbonyl (C=O) groups excluding carboxylic acids is 1. The Bertz CT molecular complexity index is 181. The van der Waals surface area contributed by atoms with E-state index in [1.54, 1.807) is 0 Å². The Morgan fingerprint density at radius 1 is 1.19 bits per heavy atom. The van der Waals surface area contributed by atoms with E-state index in [0.717, 1.165) is 12.8 Å². The number of hydrogen-bond acceptors (Lipinski definition) is 3. The molecule has 16 heavy (non-hydrogen) atoms. The fraction of sp³-hybridized carbons (Fsp3) is 0.923. The van der Waals surface area contributed by atoms with E-state index in [0.29, 0.717) is 6.04 Å². The molecule has 0 radical (unpaired) electrons. The zero-order valence-electron chi connectivity index (χ0n) is 11.2. The predicted octanol–water partition coefficient (Wildman–Crippen LogP) is 2.89. The molecule has 0 amide bonds. The highest BCUT2D eigenvalue weighted by atomic mass is 16.5. The van der Waals surface area contributed by atoms with Gasteiger partial charge < -0.3 is 10.1 Å². The van der Waals surface area contributed by atoms with Crippen molar-refractivity contribution in [2.75, 3.05) is 7.11 Å². The van der Waals surface area contributed by atoms with Gasteiger partial charge in [-0.05, 0) is 6.42 Å². The molecule has 0 fully saturated rings. The first-order chi connectivity index (χ1) is 7.61. The van der Waals surface area contributed by atoms with Crippen LogP contribution < -0.4 is 5.32 Å². The Balaban J connectivity index is 3.79. The molecule has 0 aliphatic carbocycles. The van der Waals surface area contributed by atoms with Crippen LogP contribution in [0.15, 0.2) is 0 Å². The molecule has 0 aliphatic heterocycles. The van der Waals surface area contributed by atoms with Crippen LogP contribution in [0.25, 0.3) is 0 Å². The van der Waals surface area contributed by atoms with Gasteiger partial charge in [-0.15, -0.1) is 0 Å². The van der Waals surface area contributed by atoms with Gasteiger partial charge in [0, 0.05) is 6.04 Å². The zero-order chi connectivity index (χ0) is 12.4. The molecule has 0 spiro atoms. The summed E-state index contributed by atoms with van der Waals surface area (Å²) in [6.07, 6.45) is 7.01. The van der Waals surface area contributed by atoms with Crippen LogP contribution in [0, 0.1) is 0 Å². The van der Waals surface area contributed by atoms with Crippen molar-refractivity contribution in [1.29, 1.82) is 0 Å². The lowest BCUT2D eigenvalue weighted by Gasteiger charge is -2.18. The maximum absolute atomic E-state index is 11.5. The average Bonchev–Trinajstić information content (AvgIpc) is 2.25. The van der Waals surface area contributed by atoms with Crippen molar-refractivity contribution in [3.05, 3.63) is 0 Å². The van der Waals surface area contributed by atoms with Crippen molar-refractivity contribution in [3.63, 3.8) is 0 Å². The average molecular weight is 229 g/mol. The number of methoxy groups -OCH3 is 1. The molecule has 0 aromatic heterocycles. The smallest absolute Gasteiger partial charge is 0.322 e. The lowest BCUT2D eigenvalue weighted by molar-refractivity contribution is -0.143.